The highest BCUT2D eigenvalue weighted by atomic mass is 19.1. The van der Waals surface area contributed by atoms with Crippen LogP contribution in [0, 0.1) is 5.82 Å². The predicted molar refractivity (Wildman–Crippen MR) is 88.0 cm³/mol. The van der Waals surface area contributed by atoms with Gasteiger partial charge in [-0.25, -0.2) is 9.07 Å². The Morgan fingerprint density at radius 1 is 1.12 bits per heavy atom. The Morgan fingerprint density at radius 3 is 2.52 bits per heavy atom. The number of benzene rings is 1. The highest BCUT2D eigenvalue weighted by Gasteiger charge is 2.29. The summed E-state index contributed by atoms with van der Waals surface area (Å²) in [6, 6.07) is 6.60. The largest absolute Gasteiger partial charge is 0.340 e. The van der Waals surface area contributed by atoms with Crippen molar-refractivity contribution < 1.29 is 9.18 Å². The maximum atomic E-state index is 12.9. The molecule has 4 rings (SSSR count). The topological polar surface area (TPSA) is 67.2 Å². The molecule has 7 nitrogen and oxygen atoms in total. The number of piperazine rings is 1. The van der Waals surface area contributed by atoms with E-state index >= 15 is 0 Å². The second kappa shape index (κ2) is 6.87. The van der Waals surface area contributed by atoms with Gasteiger partial charge in [0.15, 0.2) is 5.82 Å². The van der Waals surface area contributed by atoms with E-state index in [4.69, 9.17) is 0 Å². The van der Waals surface area contributed by atoms with E-state index in [2.05, 4.69) is 20.4 Å². The fraction of sp³-hybridized carbons (Fsp3) is 0.529. The molecule has 2 fully saturated rings. The number of carbonyl (C=O) groups excluding carboxylic acids is 1. The molecule has 2 heterocycles. The molecule has 1 saturated carbocycles. The Labute approximate surface area is 145 Å². The number of carbonyl (C=O) groups is 1. The maximum absolute atomic E-state index is 12.9. The van der Waals surface area contributed by atoms with Gasteiger partial charge in [-0.05, 0) is 41.0 Å². The Hall–Kier alpha value is -2.35. The molecule has 1 saturated heterocycles. The minimum absolute atomic E-state index is 0.0917. The van der Waals surface area contributed by atoms with Crippen LogP contribution in [0.2, 0.25) is 0 Å². The summed E-state index contributed by atoms with van der Waals surface area (Å²) in [6.07, 6.45) is 2.63. The first-order valence-corrected chi connectivity index (χ1v) is 8.70. The molecular weight excluding hydrogens is 323 g/mol. The van der Waals surface area contributed by atoms with Crippen molar-refractivity contribution in [1.82, 2.24) is 30.0 Å². The fourth-order valence-corrected chi connectivity index (χ4v) is 3.16. The van der Waals surface area contributed by atoms with E-state index in [0.29, 0.717) is 25.6 Å². The van der Waals surface area contributed by atoms with Gasteiger partial charge in [-0.3, -0.25) is 9.69 Å². The van der Waals surface area contributed by atoms with Gasteiger partial charge in [-0.15, -0.1) is 5.10 Å². The lowest BCUT2D eigenvalue weighted by atomic mass is 10.1. The Bertz CT molecular complexity index is 734. The number of nitrogens with zero attached hydrogens (tertiary/aromatic N) is 6. The SMILES string of the molecule is O=C(Cc1ccc(F)cc1)N1CCN(Cc2nnnn2C2CC2)CC1. The molecule has 1 aliphatic heterocycles. The molecule has 0 bridgehead atoms. The number of aromatic nitrogens is 4. The summed E-state index contributed by atoms with van der Waals surface area (Å²) in [5.41, 5.74) is 0.845. The molecule has 0 radical (unpaired) electrons. The second-order valence-corrected chi connectivity index (χ2v) is 6.73. The summed E-state index contributed by atoms with van der Waals surface area (Å²) in [4.78, 5) is 16.6. The fourth-order valence-electron chi connectivity index (χ4n) is 3.16. The first-order valence-electron chi connectivity index (χ1n) is 8.70. The molecule has 25 heavy (non-hydrogen) atoms. The molecule has 0 N–H and O–H groups in total. The molecule has 1 aromatic carbocycles. The number of tetrazole rings is 1. The van der Waals surface area contributed by atoms with Gasteiger partial charge < -0.3 is 4.90 Å². The molecule has 2 aromatic rings. The lowest BCUT2D eigenvalue weighted by Crippen LogP contribution is -2.49. The van der Waals surface area contributed by atoms with Crippen molar-refractivity contribution in [2.45, 2.75) is 31.8 Å². The van der Waals surface area contributed by atoms with Crippen LogP contribution in [0.25, 0.3) is 0 Å². The van der Waals surface area contributed by atoms with Crippen LogP contribution in [-0.2, 0) is 17.8 Å². The molecule has 132 valence electrons. The van der Waals surface area contributed by atoms with E-state index in [9.17, 15) is 9.18 Å². The van der Waals surface area contributed by atoms with E-state index in [-0.39, 0.29) is 11.7 Å². The van der Waals surface area contributed by atoms with Crippen molar-refractivity contribution in [2.75, 3.05) is 26.2 Å². The van der Waals surface area contributed by atoms with Crippen LogP contribution in [0.3, 0.4) is 0 Å². The lowest BCUT2D eigenvalue weighted by Gasteiger charge is -2.34. The summed E-state index contributed by atoms with van der Waals surface area (Å²) in [6.45, 7) is 3.75. The van der Waals surface area contributed by atoms with Crippen molar-refractivity contribution in [3.63, 3.8) is 0 Å². The van der Waals surface area contributed by atoms with E-state index < -0.39 is 0 Å². The Balaban J connectivity index is 1.28. The van der Waals surface area contributed by atoms with Crippen LogP contribution >= 0.6 is 0 Å². The van der Waals surface area contributed by atoms with Crippen molar-refractivity contribution in [3.05, 3.63) is 41.5 Å². The summed E-state index contributed by atoms with van der Waals surface area (Å²) in [7, 11) is 0. The molecule has 1 aliphatic carbocycles. The first-order chi connectivity index (χ1) is 12.2. The molecule has 0 unspecified atom stereocenters. The maximum Gasteiger partial charge on any atom is 0.227 e. The first kappa shape index (κ1) is 16.1. The van der Waals surface area contributed by atoms with Gasteiger partial charge >= 0.3 is 0 Å². The van der Waals surface area contributed by atoms with Crippen LogP contribution in [-0.4, -0.2) is 62.1 Å². The van der Waals surface area contributed by atoms with Crippen molar-refractivity contribution in [2.24, 2.45) is 0 Å². The molecule has 2 aliphatic rings. The Kier molecular flexibility index (Phi) is 4.44. The third kappa shape index (κ3) is 3.84. The zero-order chi connectivity index (χ0) is 17.2. The molecule has 1 aromatic heterocycles. The monoisotopic (exact) mass is 344 g/mol. The van der Waals surface area contributed by atoms with Gasteiger partial charge in [0.05, 0.1) is 19.0 Å². The zero-order valence-electron chi connectivity index (χ0n) is 14.0. The van der Waals surface area contributed by atoms with Crippen LogP contribution in [0.5, 0.6) is 0 Å². The van der Waals surface area contributed by atoms with E-state index in [1.165, 1.54) is 12.1 Å². The van der Waals surface area contributed by atoms with Crippen LogP contribution in [0.15, 0.2) is 24.3 Å². The Morgan fingerprint density at radius 2 is 1.84 bits per heavy atom. The standard InChI is InChI=1S/C17H21FN6O/c18-14-3-1-13(2-4-14)11-17(25)23-9-7-22(8-10-23)12-16-19-20-21-24(16)15-5-6-15/h1-4,15H,5-12H2. The van der Waals surface area contributed by atoms with Crippen LogP contribution in [0.4, 0.5) is 4.39 Å². The van der Waals surface area contributed by atoms with Crippen molar-refractivity contribution in [1.29, 1.82) is 0 Å². The normalized spacial score (nSPS) is 18.5. The molecule has 1 amide bonds. The van der Waals surface area contributed by atoms with E-state index in [0.717, 1.165) is 43.9 Å². The minimum Gasteiger partial charge on any atom is -0.340 e. The highest BCUT2D eigenvalue weighted by Crippen LogP contribution is 2.34. The number of hydrogen-bond donors (Lipinski definition) is 0. The summed E-state index contributed by atoms with van der Waals surface area (Å²) in [5.74, 6) is 0.723. The van der Waals surface area contributed by atoms with Gasteiger partial charge in [0, 0.05) is 26.2 Å². The third-order valence-corrected chi connectivity index (χ3v) is 4.81. The quantitative estimate of drug-likeness (QED) is 0.811. The van der Waals surface area contributed by atoms with E-state index in [1.54, 1.807) is 12.1 Å². The number of hydrogen-bond acceptors (Lipinski definition) is 5. The zero-order valence-corrected chi connectivity index (χ0v) is 14.0. The van der Waals surface area contributed by atoms with Crippen molar-refractivity contribution >= 4 is 5.91 Å². The summed E-state index contributed by atoms with van der Waals surface area (Å²) >= 11 is 0. The molecule has 8 heteroatoms. The smallest absolute Gasteiger partial charge is 0.227 e. The number of halogens is 1. The average molecular weight is 344 g/mol. The summed E-state index contributed by atoms with van der Waals surface area (Å²) in [5, 5.41) is 12.0. The van der Waals surface area contributed by atoms with Gasteiger partial charge in [0.2, 0.25) is 5.91 Å². The van der Waals surface area contributed by atoms with Crippen LogP contribution in [0.1, 0.15) is 30.3 Å². The molecule has 0 spiro atoms. The minimum atomic E-state index is -0.279. The molecule has 0 atom stereocenters. The van der Waals surface area contributed by atoms with Crippen molar-refractivity contribution in [3.8, 4) is 0 Å². The van der Waals surface area contributed by atoms with Gasteiger partial charge in [0.1, 0.15) is 5.82 Å². The van der Waals surface area contributed by atoms with Gasteiger partial charge in [-0.1, -0.05) is 12.1 Å². The summed E-state index contributed by atoms with van der Waals surface area (Å²) < 4.78 is 14.9. The average Bonchev–Trinajstić information content (AvgIpc) is 3.37. The number of amides is 1. The third-order valence-electron chi connectivity index (χ3n) is 4.81. The van der Waals surface area contributed by atoms with Crippen LogP contribution < -0.4 is 0 Å². The lowest BCUT2D eigenvalue weighted by molar-refractivity contribution is -0.132. The van der Waals surface area contributed by atoms with Gasteiger partial charge in [-0.2, -0.15) is 0 Å². The molecular formula is C17H21FN6O. The highest BCUT2D eigenvalue weighted by molar-refractivity contribution is 5.78. The van der Waals surface area contributed by atoms with Gasteiger partial charge in [0.25, 0.3) is 0 Å². The van der Waals surface area contributed by atoms with E-state index in [1.807, 2.05) is 9.58 Å². The second-order valence-electron chi connectivity index (χ2n) is 6.73. The predicted octanol–water partition coefficient (Wildman–Crippen LogP) is 1.03. The number of rotatable bonds is 5.